The Bertz CT molecular complexity index is 448. The van der Waals surface area contributed by atoms with Crippen LogP contribution in [0.2, 0.25) is 0 Å². The topological polar surface area (TPSA) is 27.0 Å². The molecular formula is C14H17FN2. The maximum Gasteiger partial charge on any atom is 0.125 e. The number of halogens is 1. The minimum absolute atomic E-state index is 0.000447. The molecule has 1 aromatic carbocycles. The highest BCUT2D eigenvalue weighted by molar-refractivity contribution is 5.47. The summed E-state index contributed by atoms with van der Waals surface area (Å²) in [7, 11) is 0. The summed E-state index contributed by atoms with van der Waals surface area (Å²) < 4.78 is 13.2. The molecule has 0 aliphatic carbocycles. The number of piperidine rings is 1. The lowest BCUT2D eigenvalue weighted by Crippen LogP contribution is -2.44. The van der Waals surface area contributed by atoms with E-state index in [4.69, 9.17) is 0 Å². The zero-order valence-electron chi connectivity index (χ0n) is 10.3. The number of anilines is 1. The average molecular weight is 232 g/mol. The molecule has 0 aromatic heterocycles. The van der Waals surface area contributed by atoms with E-state index in [2.05, 4.69) is 24.8 Å². The molecule has 0 amide bonds. The van der Waals surface area contributed by atoms with Gasteiger partial charge in [0.1, 0.15) is 5.82 Å². The number of rotatable bonds is 1. The second kappa shape index (κ2) is 4.37. The molecule has 1 atom stereocenters. The van der Waals surface area contributed by atoms with Gasteiger partial charge in [0.25, 0.3) is 0 Å². The van der Waals surface area contributed by atoms with Gasteiger partial charge in [-0.15, -0.1) is 0 Å². The highest BCUT2D eigenvalue weighted by Crippen LogP contribution is 2.36. The predicted octanol–water partition coefficient (Wildman–Crippen LogP) is 3.20. The molecule has 1 heterocycles. The smallest absolute Gasteiger partial charge is 0.125 e. The van der Waals surface area contributed by atoms with Crippen molar-refractivity contribution in [2.24, 2.45) is 11.3 Å². The van der Waals surface area contributed by atoms with Gasteiger partial charge in [0, 0.05) is 18.8 Å². The van der Waals surface area contributed by atoms with Crippen LogP contribution in [-0.2, 0) is 0 Å². The summed E-state index contributed by atoms with van der Waals surface area (Å²) in [6.07, 6.45) is 0.960. The average Bonchev–Trinajstić information content (AvgIpc) is 2.28. The second-order valence-corrected chi connectivity index (χ2v) is 5.35. The first kappa shape index (κ1) is 11.9. The van der Waals surface area contributed by atoms with Gasteiger partial charge in [-0.2, -0.15) is 5.26 Å². The number of hydrogen-bond donors (Lipinski definition) is 0. The van der Waals surface area contributed by atoms with E-state index in [9.17, 15) is 9.65 Å². The Kier molecular flexibility index (Phi) is 3.06. The molecular weight excluding hydrogens is 215 g/mol. The summed E-state index contributed by atoms with van der Waals surface area (Å²) in [5.41, 5.74) is 0.930. The lowest BCUT2D eigenvalue weighted by atomic mass is 9.74. The molecule has 1 fully saturated rings. The van der Waals surface area contributed by atoms with E-state index in [0.29, 0.717) is 6.54 Å². The third kappa shape index (κ3) is 2.41. The summed E-state index contributed by atoms with van der Waals surface area (Å²) in [6, 6.07) is 8.96. The highest BCUT2D eigenvalue weighted by atomic mass is 19.1. The Morgan fingerprint density at radius 3 is 2.88 bits per heavy atom. The first-order valence-corrected chi connectivity index (χ1v) is 5.93. The lowest BCUT2D eigenvalue weighted by Gasteiger charge is -2.41. The van der Waals surface area contributed by atoms with Crippen LogP contribution in [-0.4, -0.2) is 13.1 Å². The fourth-order valence-electron chi connectivity index (χ4n) is 2.28. The van der Waals surface area contributed by atoms with Crippen molar-refractivity contribution in [3.05, 3.63) is 30.1 Å². The summed E-state index contributed by atoms with van der Waals surface area (Å²) in [6.45, 7) is 5.83. The zero-order chi connectivity index (χ0) is 12.5. The highest BCUT2D eigenvalue weighted by Gasteiger charge is 2.35. The molecule has 0 spiro atoms. The van der Waals surface area contributed by atoms with Gasteiger partial charge in [-0.1, -0.05) is 19.9 Å². The van der Waals surface area contributed by atoms with Crippen LogP contribution >= 0.6 is 0 Å². The van der Waals surface area contributed by atoms with Crippen LogP contribution in [0.1, 0.15) is 20.3 Å². The van der Waals surface area contributed by atoms with Gasteiger partial charge < -0.3 is 4.90 Å². The van der Waals surface area contributed by atoms with E-state index in [1.54, 1.807) is 6.07 Å². The van der Waals surface area contributed by atoms with Crippen LogP contribution in [0, 0.1) is 28.5 Å². The van der Waals surface area contributed by atoms with E-state index in [1.807, 2.05) is 6.07 Å². The Morgan fingerprint density at radius 2 is 2.24 bits per heavy atom. The first-order valence-electron chi connectivity index (χ1n) is 5.93. The molecule has 0 N–H and O–H groups in total. The molecule has 17 heavy (non-hydrogen) atoms. The van der Waals surface area contributed by atoms with Crippen molar-refractivity contribution in [1.29, 1.82) is 5.26 Å². The minimum atomic E-state index is -0.221. The first-order chi connectivity index (χ1) is 8.03. The molecule has 2 rings (SSSR count). The fourth-order valence-corrected chi connectivity index (χ4v) is 2.28. The van der Waals surface area contributed by atoms with Crippen LogP contribution in [0.25, 0.3) is 0 Å². The number of hydrogen-bond acceptors (Lipinski definition) is 2. The van der Waals surface area contributed by atoms with E-state index < -0.39 is 0 Å². The fraction of sp³-hybridized carbons (Fsp3) is 0.500. The summed E-state index contributed by atoms with van der Waals surface area (Å²) in [5.74, 6) is -0.222. The molecule has 3 heteroatoms. The molecule has 1 saturated heterocycles. The quantitative estimate of drug-likeness (QED) is 0.743. The Labute approximate surface area is 102 Å². The maximum absolute atomic E-state index is 13.2. The van der Waals surface area contributed by atoms with E-state index >= 15 is 0 Å². The van der Waals surface area contributed by atoms with Gasteiger partial charge in [-0.25, -0.2) is 4.39 Å². The third-order valence-electron chi connectivity index (χ3n) is 3.70. The normalized spacial score (nSPS) is 23.2. The Morgan fingerprint density at radius 1 is 1.47 bits per heavy atom. The van der Waals surface area contributed by atoms with E-state index in [1.165, 1.54) is 12.1 Å². The van der Waals surface area contributed by atoms with Crippen molar-refractivity contribution < 1.29 is 4.39 Å². The summed E-state index contributed by atoms with van der Waals surface area (Å²) >= 11 is 0. The Balaban J connectivity index is 2.18. The predicted molar refractivity (Wildman–Crippen MR) is 66.1 cm³/mol. The maximum atomic E-state index is 13.2. The third-order valence-corrected chi connectivity index (χ3v) is 3.70. The van der Waals surface area contributed by atoms with Crippen molar-refractivity contribution >= 4 is 5.69 Å². The molecule has 0 bridgehead atoms. The van der Waals surface area contributed by atoms with Gasteiger partial charge in [-0.3, -0.25) is 0 Å². The van der Waals surface area contributed by atoms with Gasteiger partial charge in [-0.05, 0) is 30.0 Å². The number of benzene rings is 1. The molecule has 2 nitrogen and oxygen atoms in total. The number of nitriles is 1. The SMILES string of the molecule is CC1(C)CCN(c2cccc(F)c2)CC1C#N. The van der Waals surface area contributed by atoms with Crippen LogP contribution in [0.15, 0.2) is 24.3 Å². The van der Waals surface area contributed by atoms with Gasteiger partial charge in [0.05, 0.1) is 12.0 Å². The molecule has 1 aromatic rings. The van der Waals surface area contributed by atoms with Crippen molar-refractivity contribution in [2.45, 2.75) is 20.3 Å². The van der Waals surface area contributed by atoms with Gasteiger partial charge in [0.2, 0.25) is 0 Å². The van der Waals surface area contributed by atoms with Crippen LogP contribution in [0.5, 0.6) is 0 Å². The van der Waals surface area contributed by atoms with Gasteiger partial charge >= 0.3 is 0 Å². The van der Waals surface area contributed by atoms with E-state index in [0.717, 1.165) is 18.7 Å². The molecule has 0 saturated carbocycles. The number of nitrogens with zero attached hydrogens (tertiary/aromatic N) is 2. The lowest BCUT2D eigenvalue weighted by molar-refractivity contribution is 0.217. The van der Waals surface area contributed by atoms with E-state index in [-0.39, 0.29) is 17.2 Å². The van der Waals surface area contributed by atoms with Crippen molar-refractivity contribution in [2.75, 3.05) is 18.0 Å². The molecule has 1 aliphatic rings. The van der Waals surface area contributed by atoms with Crippen molar-refractivity contribution in [1.82, 2.24) is 0 Å². The van der Waals surface area contributed by atoms with Crippen molar-refractivity contribution in [3.8, 4) is 6.07 Å². The van der Waals surface area contributed by atoms with Crippen LogP contribution in [0.3, 0.4) is 0 Å². The summed E-state index contributed by atoms with van der Waals surface area (Å²) in [5, 5.41) is 9.20. The minimum Gasteiger partial charge on any atom is -0.370 e. The summed E-state index contributed by atoms with van der Waals surface area (Å²) in [4.78, 5) is 2.10. The Hall–Kier alpha value is -1.56. The molecule has 90 valence electrons. The second-order valence-electron chi connectivity index (χ2n) is 5.35. The molecule has 1 unspecified atom stereocenters. The van der Waals surface area contributed by atoms with Gasteiger partial charge in [0.15, 0.2) is 0 Å². The molecule has 0 radical (unpaired) electrons. The standard InChI is InChI=1S/C14H17FN2/c1-14(2)6-7-17(10-11(14)9-16)13-5-3-4-12(15)8-13/h3-5,8,11H,6-7,10H2,1-2H3. The van der Waals surface area contributed by atoms with Crippen molar-refractivity contribution in [3.63, 3.8) is 0 Å². The molecule has 1 aliphatic heterocycles. The van der Waals surface area contributed by atoms with Crippen LogP contribution < -0.4 is 4.90 Å². The largest absolute Gasteiger partial charge is 0.370 e. The van der Waals surface area contributed by atoms with Crippen LogP contribution in [0.4, 0.5) is 10.1 Å². The monoisotopic (exact) mass is 232 g/mol. The zero-order valence-corrected chi connectivity index (χ0v) is 10.3.